The molecule has 232 valence electrons. The summed E-state index contributed by atoms with van der Waals surface area (Å²) in [4.78, 5) is 26.9. The molecular weight excluding hydrogens is 540 g/mol. The monoisotopic (exact) mass is 586 g/mol. The Morgan fingerprint density at radius 3 is 2.38 bits per heavy atom. The van der Waals surface area contributed by atoms with Gasteiger partial charge in [0.25, 0.3) is 0 Å². The lowest BCUT2D eigenvalue weighted by Gasteiger charge is -2.26. The van der Waals surface area contributed by atoms with Crippen molar-refractivity contribution in [3.63, 3.8) is 0 Å². The fraction of sp³-hybridized carbons (Fsp3) is 0.562. The summed E-state index contributed by atoms with van der Waals surface area (Å²) in [5.74, 6) is 0.861. The van der Waals surface area contributed by atoms with Gasteiger partial charge in [-0.3, -0.25) is 14.5 Å². The van der Waals surface area contributed by atoms with Crippen molar-refractivity contribution < 1.29 is 38.4 Å². The summed E-state index contributed by atoms with van der Waals surface area (Å²) in [6.07, 6.45) is 5.54. The summed E-state index contributed by atoms with van der Waals surface area (Å²) in [5.41, 5.74) is 1.73. The Bertz CT molecular complexity index is 1140. The number of likely N-dealkylation sites (N-methyl/N-ethyl adjacent to an activating group) is 1. The SMILES string of the molecule is CCCCN(C=O)CCCC.COCCOc1cc(OC)ccc1C1C(C(=O)O)C(c2ccc3c(c2)OCO3)CN1C. The third-order valence-electron chi connectivity index (χ3n) is 7.67. The van der Waals surface area contributed by atoms with Crippen molar-refractivity contribution in [3.05, 3.63) is 47.5 Å². The minimum Gasteiger partial charge on any atom is -0.497 e. The van der Waals surface area contributed by atoms with Gasteiger partial charge in [0.1, 0.15) is 18.1 Å². The molecule has 3 atom stereocenters. The van der Waals surface area contributed by atoms with E-state index in [2.05, 4.69) is 18.7 Å². The summed E-state index contributed by atoms with van der Waals surface area (Å²) in [6, 6.07) is 10.8. The van der Waals surface area contributed by atoms with E-state index in [1.807, 2.05) is 42.3 Å². The first-order chi connectivity index (χ1) is 20.4. The number of methoxy groups -OCH3 is 2. The third kappa shape index (κ3) is 8.51. The lowest BCUT2D eigenvalue weighted by Crippen LogP contribution is -2.27. The van der Waals surface area contributed by atoms with Gasteiger partial charge in [0.2, 0.25) is 13.2 Å². The average molecular weight is 587 g/mol. The number of benzene rings is 2. The maximum Gasteiger partial charge on any atom is 0.309 e. The van der Waals surface area contributed by atoms with Crippen molar-refractivity contribution in [2.45, 2.75) is 51.5 Å². The molecule has 4 rings (SSSR count). The van der Waals surface area contributed by atoms with E-state index < -0.39 is 11.9 Å². The number of unbranched alkanes of at least 4 members (excludes halogenated alkanes) is 2. The van der Waals surface area contributed by atoms with Crippen LogP contribution in [0.5, 0.6) is 23.0 Å². The number of ether oxygens (including phenoxy) is 5. The van der Waals surface area contributed by atoms with E-state index in [-0.39, 0.29) is 18.8 Å². The molecule has 2 aromatic rings. The molecule has 0 radical (unpaired) electrons. The number of hydrogen-bond donors (Lipinski definition) is 1. The molecule has 2 aromatic carbocycles. The Morgan fingerprint density at radius 1 is 1.05 bits per heavy atom. The molecule has 2 aliphatic heterocycles. The number of fused-ring (bicyclic) bond motifs is 1. The Morgan fingerprint density at radius 2 is 1.76 bits per heavy atom. The molecule has 2 aliphatic rings. The molecule has 0 aliphatic carbocycles. The molecular formula is C32H46N2O8. The number of likely N-dealkylation sites (tertiary alicyclic amines) is 1. The van der Waals surface area contributed by atoms with E-state index in [1.54, 1.807) is 20.3 Å². The number of hydrogen-bond acceptors (Lipinski definition) is 8. The first-order valence-corrected chi connectivity index (χ1v) is 14.7. The van der Waals surface area contributed by atoms with Gasteiger partial charge in [-0.1, -0.05) is 38.8 Å². The van der Waals surface area contributed by atoms with E-state index in [0.717, 1.165) is 56.3 Å². The Balaban J connectivity index is 0.000000375. The molecule has 10 heteroatoms. The van der Waals surface area contributed by atoms with Gasteiger partial charge in [-0.15, -0.1) is 0 Å². The number of carboxylic acids is 1. The number of carbonyl (C=O) groups excluding carboxylic acids is 1. The standard InChI is InChI=1S/C23H27NO7.C9H19NO/c1-24-12-17(14-4-7-18-20(10-14)31-13-30-18)21(23(25)26)22(24)16-6-5-15(28-3)11-19(16)29-9-8-27-2;1-3-5-7-10(9-11)8-6-4-2/h4-7,10-11,17,21-22H,8-9,12-13H2,1-3H3,(H,25,26);9H,3-8H2,1-2H3. The van der Waals surface area contributed by atoms with Crippen molar-refractivity contribution in [2.75, 3.05) is 60.9 Å². The van der Waals surface area contributed by atoms with E-state index in [9.17, 15) is 14.7 Å². The zero-order valence-corrected chi connectivity index (χ0v) is 25.5. The summed E-state index contributed by atoms with van der Waals surface area (Å²) in [7, 11) is 5.14. The number of rotatable bonds is 15. The van der Waals surface area contributed by atoms with Crippen molar-refractivity contribution in [2.24, 2.45) is 5.92 Å². The van der Waals surface area contributed by atoms with Crippen molar-refractivity contribution in [1.29, 1.82) is 0 Å². The Labute approximate surface area is 249 Å². The van der Waals surface area contributed by atoms with Crippen LogP contribution in [0.25, 0.3) is 0 Å². The number of amides is 1. The number of nitrogens with zero attached hydrogens (tertiary/aromatic N) is 2. The predicted octanol–water partition coefficient (Wildman–Crippen LogP) is 4.97. The highest BCUT2D eigenvalue weighted by Gasteiger charge is 2.47. The highest BCUT2D eigenvalue weighted by molar-refractivity contribution is 5.74. The molecule has 0 spiro atoms. The average Bonchev–Trinajstić information content (AvgIpc) is 3.61. The first kappa shape index (κ1) is 33.0. The van der Waals surface area contributed by atoms with E-state index >= 15 is 0 Å². The van der Waals surface area contributed by atoms with Crippen molar-refractivity contribution >= 4 is 12.4 Å². The normalized spacial score (nSPS) is 19.1. The molecule has 3 unspecified atom stereocenters. The highest BCUT2D eigenvalue weighted by atomic mass is 16.7. The van der Waals surface area contributed by atoms with Gasteiger partial charge in [-0.25, -0.2) is 0 Å². The third-order valence-corrected chi connectivity index (χ3v) is 7.67. The second-order valence-corrected chi connectivity index (χ2v) is 10.6. The highest BCUT2D eigenvalue weighted by Crippen LogP contribution is 2.49. The molecule has 1 fully saturated rings. The van der Waals surface area contributed by atoms with Gasteiger partial charge in [-0.05, 0) is 43.7 Å². The zero-order chi connectivity index (χ0) is 30.5. The predicted molar refractivity (Wildman–Crippen MR) is 160 cm³/mol. The maximum absolute atomic E-state index is 12.5. The van der Waals surface area contributed by atoms with Gasteiger partial charge in [0.15, 0.2) is 11.5 Å². The van der Waals surface area contributed by atoms with Gasteiger partial charge in [0.05, 0.1) is 25.7 Å². The zero-order valence-electron chi connectivity index (χ0n) is 25.5. The van der Waals surface area contributed by atoms with Crippen LogP contribution in [0.2, 0.25) is 0 Å². The van der Waals surface area contributed by atoms with Crippen LogP contribution in [0, 0.1) is 5.92 Å². The van der Waals surface area contributed by atoms with Crippen LogP contribution >= 0.6 is 0 Å². The van der Waals surface area contributed by atoms with Crippen LogP contribution in [0.1, 0.15) is 62.6 Å². The molecule has 1 saturated heterocycles. The minimum atomic E-state index is -0.851. The molecule has 0 bridgehead atoms. The van der Waals surface area contributed by atoms with Crippen LogP contribution < -0.4 is 18.9 Å². The Kier molecular flexibility index (Phi) is 13.2. The molecule has 42 heavy (non-hydrogen) atoms. The van der Waals surface area contributed by atoms with Gasteiger partial charge in [-0.2, -0.15) is 0 Å². The lowest BCUT2D eigenvalue weighted by atomic mass is 9.82. The van der Waals surface area contributed by atoms with E-state index in [0.29, 0.717) is 42.8 Å². The Hall–Kier alpha value is -3.50. The maximum atomic E-state index is 12.5. The number of carboxylic acid groups (broad SMARTS) is 1. The lowest BCUT2D eigenvalue weighted by molar-refractivity contribution is -0.143. The van der Waals surface area contributed by atoms with Gasteiger partial charge >= 0.3 is 5.97 Å². The number of carbonyl (C=O) groups is 2. The summed E-state index contributed by atoms with van der Waals surface area (Å²) < 4.78 is 27.3. The van der Waals surface area contributed by atoms with Crippen molar-refractivity contribution in [1.82, 2.24) is 9.80 Å². The van der Waals surface area contributed by atoms with Gasteiger partial charge < -0.3 is 33.7 Å². The van der Waals surface area contributed by atoms with Crippen LogP contribution in [0.3, 0.4) is 0 Å². The molecule has 10 nitrogen and oxygen atoms in total. The van der Waals surface area contributed by atoms with Crippen LogP contribution in [0.15, 0.2) is 36.4 Å². The molecule has 0 saturated carbocycles. The van der Waals surface area contributed by atoms with Crippen LogP contribution in [0.4, 0.5) is 0 Å². The fourth-order valence-corrected chi connectivity index (χ4v) is 5.41. The minimum absolute atomic E-state index is 0.183. The second-order valence-electron chi connectivity index (χ2n) is 10.6. The van der Waals surface area contributed by atoms with E-state index in [4.69, 9.17) is 23.7 Å². The smallest absolute Gasteiger partial charge is 0.309 e. The molecule has 1 N–H and O–H groups in total. The topological polar surface area (TPSA) is 107 Å². The van der Waals surface area contributed by atoms with Crippen LogP contribution in [-0.4, -0.2) is 88.2 Å². The molecule has 2 heterocycles. The second kappa shape index (κ2) is 16.8. The number of aliphatic carboxylic acids is 1. The summed E-state index contributed by atoms with van der Waals surface area (Å²) >= 11 is 0. The first-order valence-electron chi connectivity index (χ1n) is 14.7. The van der Waals surface area contributed by atoms with E-state index in [1.165, 1.54) is 0 Å². The molecule has 0 aromatic heterocycles. The van der Waals surface area contributed by atoms with Gasteiger partial charge in [0, 0.05) is 44.3 Å². The quantitative estimate of drug-likeness (QED) is 0.229. The largest absolute Gasteiger partial charge is 0.497 e. The fourth-order valence-electron chi connectivity index (χ4n) is 5.41. The summed E-state index contributed by atoms with van der Waals surface area (Å²) in [6.45, 7) is 7.70. The summed E-state index contributed by atoms with van der Waals surface area (Å²) in [5, 5.41) is 10.2. The van der Waals surface area contributed by atoms with Crippen molar-refractivity contribution in [3.8, 4) is 23.0 Å². The molecule has 1 amide bonds. The van der Waals surface area contributed by atoms with Crippen LogP contribution in [-0.2, 0) is 14.3 Å².